The molecule has 2 unspecified atom stereocenters. The molecule has 3 rings (SSSR count). The van der Waals surface area contributed by atoms with Gasteiger partial charge in [0.1, 0.15) is 0 Å². The van der Waals surface area contributed by atoms with E-state index in [1.165, 1.54) is 31.4 Å². The molecule has 2 atom stereocenters. The van der Waals surface area contributed by atoms with Crippen molar-refractivity contribution in [1.82, 2.24) is 20.0 Å². The number of nitrogens with zero attached hydrogens (tertiary/aromatic N) is 3. The Bertz CT molecular complexity index is 487. The summed E-state index contributed by atoms with van der Waals surface area (Å²) in [5.74, 6) is 0. The van der Waals surface area contributed by atoms with Gasteiger partial charge in [0.2, 0.25) is 0 Å². The lowest BCUT2D eigenvalue weighted by Gasteiger charge is -2.37. The molecule has 1 aromatic heterocycles. The van der Waals surface area contributed by atoms with E-state index in [9.17, 15) is 0 Å². The van der Waals surface area contributed by atoms with E-state index in [1.54, 1.807) is 0 Å². The summed E-state index contributed by atoms with van der Waals surface area (Å²) in [4.78, 5) is 2.59. The van der Waals surface area contributed by atoms with Crippen LogP contribution in [0.2, 0.25) is 5.02 Å². The Balaban J connectivity index is 1.74. The number of rotatable bonds is 5. The quantitative estimate of drug-likeness (QED) is 0.908. The first kappa shape index (κ1) is 15.3. The van der Waals surface area contributed by atoms with Gasteiger partial charge in [-0.25, -0.2) is 0 Å². The van der Waals surface area contributed by atoms with Gasteiger partial charge >= 0.3 is 0 Å². The van der Waals surface area contributed by atoms with E-state index < -0.39 is 0 Å². The summed E-state index contributed by atoms with van der Waals surface area (Å²) in [6, 6.07) is 2.15. The van der Waals surface area contributed by atoms with E-state index in [0.717, 1.165) is 42.3 Å². The standard InChI is InChI=1S/C16H27ClN4/c1-4-14-16(17)15(20(3)19-14)10-21(5-2)13-8-11-6-7-12(9-13)18-11/h11-13,18H,4-10H2,1-3H3. The molecule has 0 aliphatic carbocycles. The van der Waals surface area contributed by atoms with Gasteiger partial charge in [0.05, 0.1) is 16.4 Å². The molecule has 0 aromatic carbocycles. The van der Waals surface area contributed by atoms with Gasteiger partial charge in [-0.2, -0.15) is 5.10 Å². The van der Waals surface area contributed by atoms with Crippen LogP contribution in [0.4, 0.5) is 0 Å². The zero-order chi connectivity index (χ0) is 15.0. The number of nitrogens with one attached hydrogen (secondary N) is 1. The van der Waals surface area contributed by atoms with Crippen LogP contribution in [0.1, 0.15) is 50.9 Å². The number of piperidine rings is 1. The molecule has 2 fully saturated rings. The van der Waals surface area contributed by atoms with Gasteiger partial charge in [-0.05, 0) is 38.6 Å². The van der Waals surface area contributed by atoms with E-state index in [0.29, 0.717) is 6.04 Å². The van der Waals surface area contributed by atoms with Crippen molar-refractivity contribution >= 4 is 11.6 Å². The van der Waals surface area contributed by atoms with E-state index >= 15 is 0 Å². The van der Waals surface area contributed by atoms with Gasteiger partial charge in [0, 0.05) is 31.7 Å². The Hall–Kier alpha value is -0.580. The molecular weight excluding hydrogens is 284 g/mol. The molecule has 2 saturated heterocycles. The summed E-state index contributed by atoms with van der Waals surface area (Å²) >= 11 is 6.52. The SMILES string of the molecule is CCc1nn(C)c(CN(CC)C2CC3CCC(C2)N3)c1Cl. The monoisotopic (exact) mass is 310 g/mol. The average Bonchev–Trinajstić information content (AvgIpc) is 2.96. The molecule has 2 aliphatic heterocycles. The van der Waals surface area contributed by atoms with Crippen LogP contribution in [0.5, 0.6) is 0 Å². The Labute approximate surface area is 132 Å². The van der Waals surface area contributed by atoms with Crippen LogP contribution < -0.4 is 5.32 Å². The molecule has 0 spiro atoms. The van der Waals surface area contributed by atoms with Crippen LogP contribution in [0.3, 0.4) is 0 Å². The summed E-state index contributed by atoms with van der Waals surface area (Å²) in [7, 11) is 2.01. The number of aryl methyl sites for hydroxylation is 2. The smallest absolute Gasteiger partial charge is 0.0863 e. The highest BCUT2D eigenvalue weighted by atomic mass is 35.5. The van der Waals surface area contributed by atoms with E-state index in [2.05, 4.69) is 29.2 Å². The molecular formula is C16H27ClN4. The lowest BCUT2D eigenvalue weighted by Crippen LogP contribution is -2.48. The molecule has 118 valence electrons. The highest BCUT2D eigenvalue weighted by Crippen LogP contribution is 2.31. The third-order valence-electron chi connectivity index (χ3n) is 5.23. The Kier molecular flexibility index (Phi) is 4.57. The molecule has 5 heteroatoms. The number of fused-ring (bicyclic) bond motifs is 2. The summed E-state index contributed by atoms with van der Waals surface area (Å²) in [5, 5.41) is 9.15. The second-order valence-corrected chi connectivity index (χ2v) is 6.89. The maximum Gasteiger partial charge on any atom is 0.0863 e. The zero-order valence-corrected chi connectivity index (χ0v) is 14.2. The lowest BCUT2D eigenvalue weighted by molar-refractivity contribution is 0.138. The van der Waals surface area contributed by atoms with Crippen LogP contribution in [-0.4, -0.2) is 39.4 Å². The second kappa shape index (κ2) is 6.27. The van der Waals surface area contributed by atoms with Crippen molar-refractivity contribution in [1.29, 1.82) is 0 Å². The first-order valence-corrected chi connectivity index (χ1v) is 8.70. The van der Waals surface area contributed by atoms with Crippen LogP contribution >= 0.6 is 11.6 Å². The predicted octanol–water partition coefficient (Wildman–Crippen LogP) is 2.74. The summed E-state index contributed by atoms with van der Waals surface area (Å²) in [6.45, 7) is 6.37. The maximum atomic E-state index is 6.52. The molecule has 2 aliphatic rings. The van der Waals surface area contributed by atoms with Crippen molar-refractivity contribution in [3.05, 3.63) is 16.4 Å². The van der Waals surface area contributed by atoms with Gasteiger partial charge in [-0.3, -0.25) is 9.58 Å². The molecule has 2 bridgehead atoms. The molecule has 1 aromatic rings. The summed E-state index contributed by atoms with van der Waals surface area (Å²) < 4.78 is 1.97. The van der Waals surface area contributed by atoms with Gasteiger partial charge in [-0.15, -0.1) is 0 Å². The fourth-order valence-electron chi connectivity index (χ4n) is 4.01. The Morgan fingerprint density at radius 1 is 1.29 bits per heavy atom. The Morgan fingerprint density at radius 2 is 1.95 bits per heavy atom. The topological polar surface area (TPSA) is 33.1 Å². The van der Waals surface area contributed by atoms with Crippen LogP contribution in [-0.2, 0) is 20.0 Å². The molecule has 0 amide bonds. The normalized spacial score (nSPS) is 28.5. The van der Waals surface area contributed by atoms with Crippen LogP contribution in [0, 0.1) is 0 Å². The van der Waals surface area contributed by atoms with E-state index in [4.69, 9.17) is 11.6 Å². The van der Waals surface area contributed by atoms with Crippen LogP contribution in [0.25, 0.3) is 0 Å². The summed E-state index contributed by atoms with van der Waals surface area (Å²) in [5.41, 5.74) is 2.19. The lowest BCUT2D eigenvalue weighted by atomic mass is 9.98. The minimum absolute atomic E-state index is 0.685. The second-order valence-electron chi connectivity index (χ2n) is 6.51. The largest absolute Gasteiger partial charge is 0.311 e. The molecule has 4 nitrogen and oxygen atoms in total. The third kappa shape index (κ3) is 2.99. The van der Waals surface area contributed by atoms with Gasteiger partial charge < -0.3 is 5.32 Å². The number of aromatic nitrogens is 2. The third-order valence-corrected chi connectivity index (χ3v) is 5.66. The van der Waals surface area contributed by atoms with E-state index in [-0.39, 0.29) is 0 Å². The zero-order valence-electron chi connectivity index (χ0n) is 13.4. The van der Waals surface area contributed by atoms with Crippen molar-refractivity contribution in [2.45, 2.75) is 70.6 Å². The van der Waals surface area contributed by atoms with Crippen molar-refractivity contribution < 1.29 is 0 Å². The first-order valence-electron chi connectivity index (χ1n) is 8.32. The van der Waals surface area contributed by atoms with Crippen molar-refractivity contribution in [2.24, 2.45) is 7.05 Å². The fraction of sp³-hybridized carbons (Fsp3) is 0.812. The average molecular weight is 311 g/mol. The molecule has 0 saturated carbocycles. The maximum absolute atomic E-state index is 6.52. The van der Waals surface area contributed by atoms with Gasteiger partial charge in [-0.1, -0.05) is 25.4 Å². The number of halogens is 1. The van der Waals surface area contributed by atoms with Crippen molar-refractivity contribution in [3.63, 3.8) is 0 Å². The molecule has 1 N–H and O–H groups in total. The highest BCUT2D eigenvalue weighted by molar-refractivity contribution is 6.31. The van der Waals surface area contributed by atoms with Crippen molar-refractivity contribution in [3.8, 4) is 0 Å². The van der Waals surface area contributed by atoms with E-state index in [1.807, 2.05) is 11.7 Å². The minimum atomic E-state index is 0.685. The number of hydrogen-bond acceptors (Lipinski definition) is 3. The first-order chi connectivity index (χ1) is 10.1. The van der Waals surface area contributed by atoms with Gasteiger partial charge in [0.25, 0.3) is 0 Å². The highest BCUT2D eigenvalue weighted by Gasteiger charge is 2.36. The minimum Gasteiger partial charge on any atom is -0.311 e. The number of hydrogen-bond donors (Lipinski definition) is 1. The fourth-order valence-corrected chi connectivity index (χ4v) is 4.36. The molecule has 21 heavy (non-hydrogen) atoms. The molecule has 3 heterocycles. The van der Waals surface area contributed by atoms with Crippen molar-refractivity contribution in [2.75, 3.05) is 6.54 Å². The van der Waals surface area contributed by atoms with Crippen LogP contribution in [0.15, 0.2) is 0 Å². The summed E-state index contributed by atoms with van der Waals surface area (Å²) in [6.07, 6.45) is 6.16. The molecule has 0 radical (unpaired) electrons. The van der Waals surface area contributed by atoms with Gasteiger partial charge in [0.15, 0.2) is 0 Å². The predicted molar refractivity (Wildman–Crippen MR) is 86.6 cm³/mol. The Morgan fingerprint density at radius 3 is 2.48 bits per heavy atom.